The van der Waals surface area contributed by atoms with E-state index in [0.29, 0.717) is 16.5 Å². The summed E-state index contributed by atoms with van der Waals surface area (Å²) in [5.41, 5.74) is 5.55. The maximum atomic E-state index is 9.93. The first-order chi connectivity index (χ1) is 9.79. The molecule has 6 nitrogen and oxygen atoms in total. The largest absolute Gasteiger partial charge is 0.508 e. The summed E-state index contributed by atoms with van der Waals surface area (Å²) in [7, 11) is 0. The van der Waals surface area contributed by atoms with Gasteiger partial charge in [-0.1, -0.05) is 24.2 Å². The Kier molecular flexibility index (Phi) is 3.25. The molecule has 3 rings (SSSR count). The van der Waals surface area contributed by atoms with Crippen molar-refractivity contribution in [2.24, 2.45) is 4.99 Å². The fraction of sp³-hybridized carbons (Fsp3) is 0.308. The van der Waals surface area contributed by atoms with E-state index in [1.54, 1.807) is 22.3 Å². The number of hydrazine groups is 2. The van der Waals surface area contributed by atoms with Crippen LogP contribution in [0.5, 0.6) is 0 Å². The number of halogens is 1. The highest BCUT2D eigenvalue weighted by atomic mass is 35.5. The molecule has 0 saturated carbocycles. The van der Waals surface area contributed by atoms with Gasteiger partial charge in [0.25, 0.3) is 0 Å². The molecule has 21 heavy (non-hydrogen) atoms. The lowest BCUT2D eigenvalue weighted by Gasteiger charge is -2.31. The Morgan fingerprint density at radius 3 is 2.81 bits per heavy atom. The Morgan fingerprint density at radius 2 is 2.14 bits per heavy atom. The van der Waals surface area contributed by atoms with Crippen molar-refractivity contribution < 1.29 is 10.2 Å². The Labute approximate surface area is 132 Å². The van der Waals surface area contributed by atoms with Gasteiger partial charge in [-0.2, -0.15) is 0 Å². The van der Waals surface area contributed by atoms with Crippen LogP contribution in [-0.4, -0.2) is 31.0 Å². The lowest BCUT2D eigenvalue weighted by molar-refractivity contribution is 0.0960. The number of rotatable bonds is 1. The van der Waals surface area contributed by atoms with Crippen molar-refractivity contribution in [3.8, 4) is 0 Å². The monoisotopic (exact) mass is 325 g/mol. The van der Waals surface area contributed by atoms with Gasteiger partial charge in [0.2, 0.25) is 5.06 Å². The average molecular weight is 326 g/mol. The lowest BCUT2D eigenvalue weighted by Crippen LogP contribution is -2.42. The number of allylic oxidation sites excluding steroid dienone is 3. The molecule has 2 aliphatic heterocycles. The van der Waals surface area contributed by atoms with Crippen LogP contribution in [0, 0.1) is 0 Å². The van der Waals surface area contributed by atoms with Gasteiger partial charge in [0.15, 0.2) is 5.82 Å². The number of nitrogens with zero attached hydrogens (tertiary/aromatic N) is 3. The van der Waals surface area contributed by atoms with Gasteiger partial charge in [0.05, 0.1) is 6.20 Å². The zero-order valence-corrected chi connectivity index (χ0v) is 13.0. The molecule has 0 spiro atoms. The SMILES string of the molecule is CC1=NC2=CN(C3=CC=C(O)[C@@](O)(Cl)C3)NN2C([S])=C1C. The van der Waals surface area contributed by atoms with Crippen LogP contribution in [0.2, 0.25) is 0 Å². The van der Waals surface area contributed by atoms with Gasteiger partial charge >= 0.3 is 0 Å². The van der Waals surface area contributed by atoms with Crippen molar-refractivity contribution in [1.29, 1.82) is 0 Å². The molecule has 0 fully saturated rings. The van der Waals surface area contributed by atoms with Crippen LogP contribution < -0.4 is 5.53 Å². The summed E-state index contributed by atoms with van der Waals surface area (Å²) < 4.78 is 0. The van der Waals surface area contributed by atoms with Crippen LogP contribution in [0.3, 0.4) is 0 Å². The molecule has 0 aromatic heterocycles. The van der Waals surface area contributed by atoms with Gasteiger partial charge in [-0.25, -0.2) is 10.0 Å². The van der Waals surface area contributed by atoms with Crippen molar-refractivity contribution in [3.05, 3.63) is 46.2 Å². The minimum absolute atomic E-state index is 0.0552. The molecule has 3 N–H and O–H groups in total. The predicted molar refractivity (Wildman–Crippen MR) is 82.5 cm³/mol. The Bertz CT molecular complexity index is 663. The normalized spacial score (nSPS) is 29.0. The molecule has 0 amide bonds. The van der Waals surface area contributed by atoms with Crippen molar-refractivity contribution in [3.63, 3.8) is 0 Å². The Balaban J connectivity index is 1.90. The number of aliphatic imine (C=N–C) groups is 1. The van der Waals surface area contributed by atoms with Crippen LogP contribution in [0.25, 0.3) is 0 Å². The van der Waals surface area contributed by atoms with Gasteiger partial charge in [-0.3, -0.25) is 5.01 Å². The van der Waals surface area contributed by atoms with Crippen molar-refractivity contribution >= 4 is 29.9 Å². The second-order valence-electron chi connectivity index (χ2n) is 5.07. The number of aliphatic hydroxyl groups is 2. The first-order valence-electron chi connectivity index (χ1n) is 6.32. The standard InChI is InChI=1S/C13H14ClN4O2S/c1-7-8(2)15-11-6-17(16-18(11)12(7)21)9-3-4-10(19)13(14,20)5-9/h3-4,6,16,19-20H,5H2,1-2H3/t13-/m1/s1. The summed E-state index contributed by atoms with van der Waals surface area (Å²) in [5.74, 6) is 0.395. The number of alkyl halides is 1. The second-order valence-corrected chi connectivity index (χ2v) is 6.08. The van der Waals surface area contributed by atoms with Crippen LogP contribution in [0.4, 0.5) is 0 Å². The van der Waals surface area contributed by atoms with Crippen LogP contribution in [-0.2, 0) is 0 Å². The van der Waals surface area contributed by atoms with Crippen molar-refractivity contribution in [2.45, 2.75) is 25.3 Å². The number of fused-ring (bicyclic) bond motifs is 1. The summed E-state index contributed by atoms with van der Waals surface area (Å²) in [6.07, 6.45) is 4.86. The summed E-state index contributed by atoms with van der Waals surface area (Å²) in [4.78, 5) is 4.46. The van der Waals surface area contributed by atoms with Crippen molar-refractivity contribution in [1.82, 2.24) is 15.6 Å². The maximum absolute atomic E-state index is 9.93. The number of aliphatic hydroxyl groups excluding tert-OH is 1. The number of hydrogen-bond donors (Lipinski definition) is 3. The van der Waals surface area contributed by atoms with Crippen LogP contribution in [0.1, 0.15) is 20.3 Å². The molecule has 1 aliphatic carbocycles. The first-order valence-corrected chi connectivity index (χ1v) is 7.11. The van der Waals surface area contributed by atoms with E-state index in [9.17, 15) is 10.2 Å². The topological polar surface area (TPSA) is 71.3 Å². The molecular weight excluding hydrogens is 312 g/mol. The third-order valence-corrected chi connectivity index (χ3v) is 4.40. The first kappa shape index (κ1) is 14.4. The van der Waals surface area contributed by atoms with E-state index in [-0.39, 0.29) is 12.2 Å². The third-order valence-electron chi connectivity index (χ3n) is 3.58. The summed E-state index contributed by atoms with van der Waals surface area (Å²) in [6.45, 7) is 3.82. The molecule has 2 heterocycles. The summed E-state index contributed by atoms with van der Waals surface area (Å²) >= 11 is 11.3. The van der Waals surface area contributed by atoms with Crippen LogP contribution in [0.15, 0.2) is 51.2 Å². The minimum atomic E-state index is -1.80. The smallest absolute Gasteiger partial charge is 0.201 e. The molecular formula is C13H14ClN4O2S. The summed E-state index contributed by atoms with van der Waals surface area (Å²) in [6, 6.07) is 0. The molecule has 111 valence electrons. The van der Waals surface area contributed by atoms with E-state index in [2.05, 4.69) is 10.5 Å². The van der Waals surface area contributed by atoms with E-state index < -0.39 is 5.06 Å². The van der Waals surface area contributed by atoms with Crippen LogP contribution >= 0.6 is 24.2 Å². The fourth-order valence-corrected chi connectivity index (χ4v) is 2.65. The van der Waals surface area contributed by atoms with Gasteiger partial charge in [0.1, 0.15) is 10.8 Å². The van der Waals surface area contributed by atoms with E-state index in [0.717, 1.165) is 11.3 Å². The van der Waals surface area contributed by atoms with E-state index in [1.165, 1.54) is 6.08 Å². The molecule has 1 atom stereocenters. The fourth-order valence-electron chi connectivity index (χ4n) is 2.17. The zero-order chi connectivity index (χ0) is 15.4. The highest BCUT2D eigenvalue weighted by molar-refractivity contribution is 7.84. The highest BCUT2D eigenvalue weighted by Gasteiger charge is 2.37. The molecule has 8 heteroatoms. The molecule has 0 saturated heterocycles. The minimum Gasteiger partial charge on any atom is -0.508 e. The second kappa shape index (κ2) is 4.74. The van der Waals surface area contributed by atoms with Crippen molar-refractivity contribution in [2.75, 3.05) is 0 Å². The highest BCUT2D eigenvalue weighted by Crippen LogP contribution is 2.36. The molecule has 1 radical (unpaired) electrons. The Hall–Kier alpha value is -1.54. The molecule has 0 aromatic rings. The van der Waals surface area contributed by atoms with Gasteiger partial charge in [0, 0.05) is 23.4 Å². The lowest BCUT2D eigenvalue weighted by atomic mass is 10.1. The predicted octanol–water partition coefficient (Wildman–Crippen LogP) is 2.38. The molecule has 3 aliphatic rings. The Morgan fingerprint density at radius 1 is 1.43 bits per heavy atom. The van der Waals surface area contributed by atoms with Gasteiger partial charge in [-0.05, 0) is 26.0 Å². The number of hydrogen-bond acceptors (Lipinski definition) is 6. The summed E-state index contributed by atoms with van der Waals surface area (Å²) in [5, 5.41) is 21.7. The van der Waals surface area contributed by atoms with E-state index in [4.69, 9.17) is 24.2 Å². The van der Waals surface area contributed by atoms with Gasteiger partial charge in [-0.15, -0.1) is 5.53 Å². The third kappa shape index (κ3) is 2.32. The molecule has 0 bridgehead atoms. The quantitative estimate of drug-likeness (QED) is 0.646. The molecule has 0 unspecified atom stereocenters. The van der Waals surface area contributed by atoms with E-state index in [1.807, 2.05) is 13.8 Å². The number of nitrogens with one attached hydrogen (secondary N) is 1. The molecule has 0 aromatic carbocycles. The maximum Gasteiger partial charge on any atom is 0.201 e. The zero-order valence-electron chi connectivity index (χ0n) is 11.5. The average Bonchev–Trinajstić information content (AvgIpc) is 2.83. The van der Waals surface area contributed by atoms with Gasteiger partial charge < -0.3 is 10.2 Å². The van der Waals surface area contributed by atoms with E-state index >= 15 is 0 Å².